The Morgan fingerprint density at radius 3 is 2.16 bits per heavy atom. The Kier molecular flexibility index (Phi) is 5.00. The topological polar surface area (TPSA) is 68.0 Å². The molecule has 4 fully saturated rings. The molecule has 32 heavy (non-hydrogen) atoms. The number of imidazole rings is 2. The third kappa shape index (κ3) is 3.21. The monoisotopic (exact) mass is 454 g/mol. The zero-order valence-electron chi connectivity index (χ0n) is 19.7. The number of aryl methyl sites for hydroxylation is 2. The SMILES string of the molecule is CC1C(CN2C(=O)C(Cc3cncn3C)(Cc3cncn3C)NC2=S)CC2CC1C2(C)C. The molecular formula is C24H34N6OS. The molecule has 2 aromatic rings. The van der Waals surface area contributed by atoms with Gasteiger partial charge in [0.05, 0.1) is 12.7 Å². The van der Waals surface area contributed by atoms with Gasteiger partial charge >= 0.3 is 0 Å². The van der Waals surface area contributed by atoms with Crippen molar-refractivity contribution < 1.29 is 4.79 Å². The van der Waals surface area contributed by atoms with Crippen LogP contribution < -0.4 is 5.32 Å². The summed E-state index contributed by atoms with van der Waals surface area (Å²) in [6.45, 7) is 7.92. The van der Waals surface area contributed by atoms with E-state index in [0.29, 0.717) is 41.7 Å². The summed E-state index contributed by atoms with van der Waals surface area (Å²) in [7, 11) is 3.93. The Labute approximate surface area is 195 Å². The van der Waals surface area contributed by atoms with Crippen LogP contribution in [-0.2, 0) is 31.7 Å². The second-order valence-electron chi connectivity index (χ2n) is 11.0. The molecule has 1 N–H and O–H groups in total. The average Bonchev–Trinajstić information content (AvgIpc) is 3.39. The first-order chi connectivity index (χ1) is 15.1. The molecular weight excluding hydrogens is 420 g/mol. The zero-order valence-corrected chi connectivity index (χ0v) is 20.5. The molecule has 1 aliphatic heterocycles. The Balaban J connectivity index is 1.41. The third-order valence-electron chi connectivity index (χ3n) is 8.97. The van der Waals surface area contributed by atoms with Crippen molar-refractivity contribution in [2.45, 2.75) is 52.0 Å². The molecule has 3 aliphatic carbocycles. The number of carbonyl (C=O) groups excluding carboxylic acids is 1. The number of thiocarbonyl (C=S) groups is 1. The first kappa shape index (κ1) is 21.6. The van der Waals surface area contributed by atoms with Crippen molar-refractivity contribution in [2.75, 3.05) is 6.54 Å². The van der Waals surface area contributed by atoms with Crippen LogP contribution in [0.15, 0.2) is 25.0 Å². The second-order valence-corrected chi connectivity index (χ2v) is 11.4. The van der Waals surface area contributed by atoms with Gasteiger partial charge in [0.15, 0.2) is 5.11 Å². The van der Waals surface area contributed by atoms with Crippen molar-refractivity contribution in [3.05, 3.63) is 36.4 Å². The van der Waals surface area contributed by atoms with Crippen molar-refractivity contribution in [1.29, 1.82) is 0 Å². The lowest BCUT2D eigenvalue weighted by molar-refractivity contribution is -0.141. The minimum absolute atomic E-state index is 0.0793. The summed E-state index contributed by atoms with van der Waals surface area (Å²) in [5, 5.41) is 4.03. The second kappa shape index (κ2) is 7.40. The van der Waals surface area contributed by atoms with Crippen molar-refractivity contribution in [3.8, 4) is 0 Å². The maximum Gasteiger partial charge on any atom is 0.255 e. The number of hydrogen-bond donors (Lipinski definition) is 1. The molecule has 4 aliphatic rings. The van der Waals surface area contributed by atoms with Gasteiger partial charge in [-0.15, -0.1) is 0 Å². The maximum absolute atomic E-state index is 14.0. The summed E-state index contributed by atoms with van der Waals surface area (Å²) < 4.78 is 3.95. The van der Waals surface area contributed by atoms with Crippen LogP contribution in [0.3, 0.4) is 0 Å². The maximum atomic E-state index is 14.0. The van der Waals surface area contributed by atoms with Crippen LogP contribution >= 0.6 is 12.2 Å². The van der Waals surface area contributed by atoms with Crippen LogP contribution in [0.2, 0.25) is 0 Å². The highest BCUT2D eigenvalue weighted by atomic mass is 32.1. The molecule has 3 saturated carbocycles. The molecule has 2 aromatic heterocycles. The third-order valence-corrected chi connectivity index (χ3v) is 9.30. The van der Waals surface area contributed by atoms with E-state index in [0.717, 1.165) is 23.2 Å². The largest absolute Gasteiger partial charge is 0.347 e. The van der Waals surface area contributed by atoms with Gasteiger partial charge in [0.25, 0.3) is 5.91 Å². The van der Waals surface area contributed by atoms with Crippen LogP contribution in [0.4, 0.5) is 0 Å². The predicted octanol–water partition coefficient (Wildman–Crippen LogP) is 2.71. The molecule has 6 rings (SSSR count). The van der Waals surface area contributed by atoms with Gasteiger partial charge in [-0.1, -0.05) is 20.8 Å². The van der Waals surface area contributed by atoms with Gasteiger partial charge in [-0.05, 0) is 54.1 Å². The lowest BCUT2D eigenvalue weighted by Gasteiger charge is -2.62. The zero-order chi connectivity index (χ0) is 22.8. The van der Waals surface area contributed by atoms with Gasteiger partial charge in [0.2, 0.25) is 0 Å². The molecule has 4 unspecified atom stereocenters. The summed E-state index contributed by atoms with van der Waals surface area (Å²) in [5.41, 5.74) is 1.63. The molecule has 3 heterocycles. The number of fused-ring (bicyclic) bond motifs is 2. The molecule has 2 bridgehead atoms. The van der Waals surface area contributed by atoms with Crippen LogP contribution in [0.25, 0.3) is 0 Å². The minimum Gasteiger partial charge on any atom is -0.347 e. The highest BCUT2D eigenvalue weighted by molar-refractivity contribution is 7.80. The highest BCUT2D eigenvalue weighted by Gasteiger charge is 2.57. The van der Waals surface area contributed by atoms with E-state index < -0.39 is 5.54 Å². The smallest absolute Gasteiger partial charge is 0.255 e. The number of nitrogens with one attached hydrogen (secondary N) is 1. The molecule has 1 amide bonds. The molecule has 0 radical (unpaired) electrons. The summed E-state index contributed by atoms with van der Waals surface area (Å²) >= 11 is 5.77. The normalized spacial score (nSPS) is 30.3. The van der Waals surface area contributed by atoms with E-state index in [1.54, 1.807) is 12.7 Å². The predicted molar refractivity (Wildman–Crippen MR) is 127 cm³/mol. The van der Waals surface area contributed by atoms with Gasteiger partial charge in [0, 0.05) is 57.3 Å². The van der Waals surface area contributed by atoms with Crippen molar-refractivity contribution in [3.63, 3.8) is 0 Å². The van der Waals surface area contributed by atoms with E-state index in [9.17, 15) is 4.79 Å². The van der Waals surface area contributed by atoms with Crippen molar-refractivity contribution in [2.24, 2.45) is 43.2 Å². The van der Waals surface area contributed by atoms with Gasteiger partial charge in [0.1, 0.15) is 5.54 Å². The Bertz CT molecular complexity index is 1010. The van der Waals surface area contributed by atoms with E-state index in [1.165, 1.54) is 12.8 Å². The quantitative estimate of drug-likeness (QED) is 0.680. The van der Waals surface area contributed by atoms with E-state index in [1.807, 2.05) is 40.5 Å². The lowest BCUT2D eigenvalue weighted by Crippen LogP contribution is -2.57. The summed E-state index contributed by atoms with van der Waals surface area (Å²) in [6.07, 6.45) is 10.8. The summed E-state index contributed by atoms with van der Waals surface area (Å²) in [5.74, 6) is 2.70. The van der Waals surface area contributed by atoms with Crippen molar-refractivity contribution >= 4 is 23.2 Å². The molecule has 172 valence electrons. The number of hydrogen-bond acceptors (Lipinski definition) is 4. The molecule has 1 saturated heterocycles. The molecule has 0 aromatic carbocycles. The Hall–Kier alpha value is -2.22. The molecule has 4 atom stereocenters. The van der Waals surface area contributed by atoms with E-state index >= 15 is 0 Å². The molecule has 8 heteroatoms. The number of aromatic nitrogens is 4. The minimum atomic E-state index is -0.821. The molecule has 0 spiro atoms. The van der Waals surface area contributed by atoms with Crippen LogP contribution in [-0.4, -0.2) is 47.1 Å². The fraction of sp³-hybridized carbons (Fsp3) is 0.667. The van der Waals surface area contributed by atoms with Gasteiger partial charge < -0.3 is 14.5 Å². The number of carbonyl (C=O) groups is 1. The van der Waals surface area contributed by atoms with E-state index in [4.69, 9.17) is 12.2 Å². The standard InChI is InChI=1S/C24H34N6OS/c1-15-16(6-17-7-20(15)23(17,2)3)12-30-21(31)24(27-22(30)32,8-18-10-25-13-28(18)4)9-19-11-26-14-29(19)5/h10-11,13-17,20H,6-9,12H2,1-5H3,(H,27,32). The molecule has 7 nitrogen and oxygen atoms in total. The van der Waals surface area contributed by atoms with Crippen LogP contribution in [0.1, 0.15) is 45.0 Å². The lowest BCUT2D eigenvalue weighted by atomic mass is 9.43. The number of nitrogens with zero attached hydrogens (tertiary/aromatic N) is 5. The van der Waals surface area contributed by atoms with Gasteiger partial charge in [-0.3, -0.25) is 9.69 Å². The van der Waals surface area contributed by atoms with Gasteiger partial charge in [-0.2, -0.15) is 0 Å². The Morgan fingerprint density at radius 2 is 1.69 bits per heavy atom. The van der Waals surface area contributed by atoms with E-state index in [2.05, 4.69) is 36.1 Å². The first-order valence-electron chi connectivity index (χ1n) is 11.7. The highest BCUT2D eigenvalue weighted by Crippen LogP contribution is 2.63. The van der Waals surface area contributed by atoms with Crippen LogP contribution in [0, 0.1) is 29.1 Å². The van der Waals surface area contributed by atoms with Crippen molar-refractivity contribution in [1.82, 2.24) is 29.3 Å². The summed E-state index contributed by atoms with van der Waals surface area (Å²) in [6, 6.07) is 0. The van der Waals surface area contributed by atoms with Crippen LogP contribution in [0.5, 0.6) is 0 Å². The first-order valence-corrected chi connectivity index (χ1v) is 12.1. The fourth-order valence-corrected chi connectivity index (χ4v) is 6.96. The number of amides is 1. The number of rotatable bonds is 6. The summed E-state index contributed by atoms with van der Waals surface area (Å²) in [4.78, 5) is 24.4. The van der Waals surface area contributed by atoms with E-state index in [-0.39, 0.29) is 5.91 Å². The van der Waals surface area contributed by atoms with Gasteiger partial charge in [-0.25, -0.2) is 9.97 Å². The Morgan fingerprint density at radius 1 is 1.09 bits per heavy atom. The average molecular weight is 455 g/mol. The fourth-order valence-electron chi connectivity index (χ4n) is 6.60.